The molecule has 0 N–H and O–H groups in total. The van der Waals surface area contributed by atoms with E-state index in [9.17, 15) is 9.59 Å². The van der Waals surface area contributed by atoms with Crippen LogP contribution in [0.1, 0.15) is 29.3 Å². The van der Waals surface area contributed by atoms with Crippen molar-refractivity contribution in [3.63, 3.8) is 0 Å². The average molecular weight is 328 g/mol. The first-order chi connectivity index (χ1) is 9.08. The van der Waals surface area contributed by atoms with Crippen LogP contribution in [-0.4, -0.2) is 37.0 Å². The van der Waals surface area contributed by atoms with E-state index in [1.165, 1.54) is 4.90 Å². The lowest BCUT2D eigenvalue weighted by Gasteiger charge is -2.16. The van der Waals surface area contributed by atoms with Crippen LogP contribution in [0.3, 0.4) is 0 Å². The summed E-state index contributed by atoms with van der Waals surface area (Å²) in [6, 6.07) is 7.39. The molecule has 0 atom stereocenters. The summed E-state index contributed by atoms with van der Waals surface area (Å²) in [7, 11) is 1.68. The molecule has 0 saturated heterocycles. The predicted octanol–water partition coefficient (Wildman–Crippen LogP) is 2.61. The second-order valence-corrected chi connectivity index (χ2v) is 4.67. The van der Waals surface area contributed by atoms with Crippen molar-refractivity contribution < 1.29 is 14.3 Å². The molecule has 0 unspecified atom stereocenters. The summed E-state index contributed by atoms with van der Waals surface area (Å²) in [4.78, 5) is 24.8. The molecule has 0 spiro atoms. The summed E-state index contributed by atoms with van der Waals surface area (Å²) >= 11 is 3.36. The fraction of sp³-hybridized carbons (Fsp3) is 0.429. The minimum atomic E-state index is -0.281. The first-order valence-corrected chi connectivity index (χ1v) is 7.26. The van der Waals surface area contributed by atoms with E-state index in [-0.39, 0.29) is 18.3 Å². The number of alkyl halides is 1. The molecule has 0 bridgehead atoms. The van der Waals surface area contributed by atoms with E-state index in [0.717, 1.165) is 10.9 Å². The summed E-state index contributed by atoms with van der Waals surface area (Å²) in [5.41, 5.74) is 1.74. The predicted molar refractivity (Wildman–Crippen MR) is 77.3 cm³/mol. The number of carbonyl (C=O) groups is 2. The average Bonchev–Trinajstić information content (AvgIpc) is 2.44. The number of carbonyl (C=O) groups excluding carboxylic acids is 2. The third-order valence-corrected chi connectivity index (χ3v) is 3.31. The quantitative estimate of drug-likeness (QED) is 0.596. The van der Waals surface area contributed by atoms with Crippen molar-refractivity contribution in [1.82, 2.24) is 4.90 Å². The second kappa shape index (κ2) is 7.94. The Kier molecular flexibility index (Phi) is 6.56. The van der Waals surface area contributed by atoms with Crippen LogP contribution >= 0.6 is 15.9 Å². The minimum Gasteiger partial charge on any atom is -0.466 e. The minimum absolute atomic E-state index is 0.0922. The van der Waals surface area contributed by atoms with E-state index < -0.39 is 0 Å². The van der Waals surface area contributed by atoms with Crippen molar-refractivity contribution in [3.05, 3.63) is 35.4 Å². The van der Waals surface area contributed by atoms with Crippen molar-refractivity contribution in [2.24, 2.45) is 0 Å². The first-order valence-electron chi connectivity index (χ1n) is 6.14. The molecule has 19 heavy (non-hydrogen) atoms. The van der Waals surface area contributed by atoms with Crippen LogP contribution in [0.5, 0.6) is 0 Å². The zero-order valence-corrected chi connectivity index (χ0v) is 12.8. The second-order valence-electron chi connectivity index (χ2n) is 4.11. The molecule has 0 aliphatic rings. The van der Waals surface area contributed by atoms with E-state index in [1.807, 2.05) is 12.1 Å². The maximum Gasteiger partial charge on any atom is 0.307 e. The van der Waals surface area contributed by atoms with Gasteiger partial charge in [-0.1, -0.05) is 28.1 Å². The van der Waals surface area contributed by atoms with Crippen LogP contribution in [0.25, 0.3) is 0 Å². The maximum absolute atomic E-state index is 12.1. The van der Waals surface area contributed by atoms with Gasteiger partial charge in [-0.2, -0.15) is 0 Å². The van der Waals surface area contributed by atoms with Crippen molar-refractivity contribution in [2.45, 2.75) is 18.7 Å². The van der Waals surface area contributed by atoms with Crippen molar-refractivity contribution in [3.8, 4) is 0 Å². The Hall–Kier alpha value is -1.36. The van der Waals surface area contributed by atoms with Gasteiger partial charge in [-0.3, -0.25) is 9.59 Å². The van der Waals surface area contributed by atoms with E-state index in [4.69, 9.17) is 4.74 Å². The van der Waals surface area contributed by atoms with Crippen LogP contribution in [-0.2, 0) is 14.9 Å². The molecule has 0 saturated carbocycles. The van der Waals surface area contributed by atoms with Crippen LogP contribution in [0.15, 0.2) is 24.3 Å². The van der Waals surface area contributed by atoms with Gasteiger partial charge >= 0.3 is 5.97 Å². The van der Waals surface area contributed by atoms with Crippen molar-refractivity contribution in [1.29, 1.82) is 0 Å². The lowest BCUT2D eigenvalue weighted by molar-refractivity contribution is -0.143. The van der Waals surface area contributed by atoms with E-state index in [1.54, 1.807) is 26.1 Å². The molecule has 1 aromatic rings. The number of halogens is 1. The third kappa shape index (κ3) is 5.03. The molecule has 0 heterocycles. The molecule has 0 aromatic heterocycles. The van der Waals surface area contributed by atoms with Crippen LogP contribution in [0.4, 0.5) is 0 Å². The lowest BCUT2D eigenvalue weighted by atomic mass is 10.1. The highest BCUT2D eigenvalue weighted by atomic mass is 79.9. The van der Waals surface area contributed by atoms with Gasteiger partial charge in [-0.15, -0.1) is 0 Å². The summed E-state index contributed by atoms with van der Waals surface area (Å²) in [6.07, 6.45) is 0.218. The number of rotatable bonds is 6. The fourth-order valence-electron chi connectivity index (χ4n) is 1.55. The topological polar surface area (TPSA) is 46.6 Å². The molecule has 1 amide bonds. The molecule has 0 aliphatic heterocycles. The number of nitrogens with zero attached hydrogens (tertiary/aromatic N) is 1. The van der Waals surface area contributed by atoms with Gasteiger partial charge in [-0.25, -0.2) is 0 Å². The molecule has 5 heteroatoms. The van der Waals surface area contributed by atoms with Gasteiger partial charge in [0.2, 0.25) is 0 Å². The highest BCUT2D eigenvalue weighted by Crippen LogP contribution is 2.10. The number of amides is 1. The third-order valence-electron chi connectivity index (χ3n) is 2.66. The summed E-state index contributed by atoms with van der Waals surface area (Å²) in [5.74, 6) is -0.373. The summed E-state index contributed by atoms with van der Waals surface area (Å²) in [5, 5.41) is 0.764. The molecular weight excluding hydrogens is 310 g/mol. The standard InChI is InChI=1S/C14H18BrNO3/c1-3-19-13(17)8-9-16(2)14(18)12-6-4-11(10-15)5-7-12/h4-7H,3,8-10H2,1-2H3. The number of benzene rings is 1. The molecule has 0 fully saturated rings. The molecular formula is C14H18BrNO3. The Balaban J connectivity index is 2.53. The monoisotopic (exact) mass is 327 g/mol. The normalized spacial score (nSPS) is 10.1. The fourth-order valence-corrected chi connectivity index (χ4v) is 1.92. The van der Waals surface area contributed by atoms with Crippen molar-refractivity contribution in [2.75, 3.05) is 20.2 Å². The number of ether oxygens (including phenoxy) is 1. The molecule has 0 radical (unpaired) electrons. The van der Waals surface area contributed by atoms with Crippen LogP contribution in [0.2, 0.25) is 0 Å². The van der Waals surface area contributed by atoms with Crippen LogP contribution < -0.4 is 0 Å². The van der Waals surface area contributed by atoms with Crippen molar-refractivity contribution >= 4 is 27.8 Å². The number of hydrogen-bond donors (Lipinski definition) is 0. The van der Waals surface area contributed by atoms with E-state index in [2.05, 4.69) is 15.9 Å². The Morgan fingerprint density at radius 2 is 1.89 bits per heavy atom. The van der Waals surface area contributed by atoms with Gasteiger partial charge in [0, 0.05) is 24.5 Å². The van der Waals surface area contributed by atoms with Gasteiger partial charge < -0.3 is 9.64 Å². The molecule has 1 rings (SSSR count). The molecule has 0 aliphatic carbocycles. The highest BCUT2D eigenvalue weighted by Gasteiger charge is 2.13. The van der Waals surface area contributed by atoms with Gasteiger partial charge in [-0.05, 0) is 24.6 Å². The van der Waals surface area contributed by atoms with Gasteiger partial charge in [0.1, 0.15) is 0 Å². The Bertz CT molecular complexity index is 431. The Morgan fingerprint density at radius 3 is 2.42 bits per heavy atom. The molecule has 104 valence electrons. The molecule has 1 aromatic carbocycles. The largest absolute Gasteiger partial charge is 0.466 e. The SMILES string of the molecule is CCOC(=O)CCN(C)C(=O)c1ccc(CBr)cc1. The first kappa shape index (κ1) is 15.7. The Morgan fingerprint density at radius 1 is 1.26 bits per heavy atom. The Labute approximate surface area is 121 Å². The van der Waals surface area contributed by atoms with Gasteiger partial charge in [0.25, 0.3) is 5.91 Å². The smallest absolute Gasteiger partial charge is 0.307 e. The van der Waals surface area contributed by atoms with E-state index in [0.29, 0.717) is 18.7 Å². The maximum atomic E-state index is 12.1. The summed E-state index contributed by atoms with van der Waals surface area (Å²) < 4.78 is 4.83. The zero-order chi connectivity index (χ0) is 14.3. The van der Waals surface area contributed by atoms with E-state index >= 15 is 0 Å². The van der Waals surface area contributed by atoms with Gasteiger partial charge in [0.05, 0.1) is 13.0 Å². The number of hydrogen-bond acceptors (Lipinski definition) is 3. The zero-order valence-electron chi connectivity index (χ0n) is 11.2. The highest BCUT2D eigenvalue weighted by molar-refractivity contribution is 9.08. The lowest BCUT2D eigenvalue weighted by Crippen LogP contribution is -2.29. The number of esters is 1. The molecule has 4 nitrogen and oxygen atoms in total. The van der Waals surface area contributed by atoms with Gasteiger partial charge in [0.15, 0.2) is 0 Å². The summed E-state index contributed by atoms with van der Waals surface area (Å²) in [6.45, 7) is 2.49. The van der Waals surface area contributed by atoms with Crippen LogP contribution in [0, 0.1) is 0 Å².